The molecule has 0 saturated heterocycles. The van der Waals surface area contributed by atoms with E-state index < -0.39 is 26.2 Å². The number of hydrogen-bond acceptors (Lipinski definition) is 6. The molecule has 0 fully saturated rings. The summed E-state index contributed by atoms with van der Waals surface area (Å²) >= 11 is 0. The summed E-state index contributed by atoms with van der Waals surface area (Å²) in [6.45, 7) is 1.78. The number of hydrogen-bond donors (Lipinski definition) is 2. The Kier molecular flexibility index (Phi) is 8.09. The van der Waals surface area contributed by atoms with Gasteiger partial charge in [0.05, 0.1) is 20.1 Å². The summed E-state index contributed by atoms with van der Waals surface area (Å²) in [5.41, 5.74) is -0.155. The molecule has 7 nitrogen and oxygen atoms in total. The first-order chi connectivity index (χ1) is 8.04. The molecule has 1 unspecified atom stereocenters. The minimum absolute atomic E-state index is 0.00198. The maximum atomic E-state index is 11.2. The first-order valence-corrected chi connectivity index (χ1v) is 6.72. The maximum Gasteiger partial charge on any atom is 0.411 e. The number of carbonyl (C=O) groups is 2. The van der Waals surface area contributed by atoms with E-state index in [-0.39, 0.29) is 18.5 Å². The Morgan fingerprint density at radius 3 is 2.59 bits per heavy atom. The lowest BCUT2D eigenvalue weighted by atomic mass is 10.4. The van der Waals surface area contributed by atoms with E-state index in [0.29, 0.717) is 0 Å². The van der Waals surface area contributed by atoms with Crippen molar-refractivity contribution in [3.05, 3.63) is 11.8 Å². The molecule has 0 bridgehead atoms. The Morgan fingerprint density at radius 1 is 1.47 bits per heavy atom. The standard InChI is InChI=1S/C9H16NO6P/c1-3-16-9(13)10-7(8(12)15-2)4-5-17(14)6-11/h4,11,17H,3,5-6H2,1-2H3,(H,10,13). The van der Waals surface area contributed by atoms with Gasteiger partial charge in [-0.25, -0.2) is 9.59 Å². The van der Waals surface area contributed by atoms with E-state index in [4.69, 9.17) is 5.11 Å². The zero-order chi connectivity index (χ0) is 13.3. The number of amides is 1. The van der Waals surface area contributed by atoms with E-state index in [2.05, 4.69) is 14.8 Å². The predicted molar refractivity (Wildman–Crippen MR) is 61.2 cm³/mol. The van der Waals surface area contributed by atoms with Gasteiger partial charge in [0.1, 0.15) is 13.5 Å². The number of aliphatic hydroxyl groups excluding tert-OH is 1. The van der Waals surface area contributed by atoms with Crippen LogP contribution in [0.4, 0.5) is 4.79 Å². The Hall–Kier alpha value is -1.33. The summed E-state index contributed by atoms with van der Waals surface area (Å²) in [6.07, 6.45) is -0.0133. The predicted octanol–water partition coefficient (Wildman–Crippen LogP) is 0.299. The van der Waals surface area contributed by atoms with Gasteiger partial charge in [-0.05, 0) is 13.0 Å². The van der Waals surface area contributed by atoms with Gasteiger partial charge in [0.2, 0.25) is 0 Å². The van der Waals surface area contributed by atoms with Crippen molar-refractivity contribution in [3.63, 3.8) is 0 Å². The van der Waals surface area contributed by atoms with E-state index in [0.717, 1.165) is 7.11 Å². The molecule has 0 radical (unpaired) electrons. The largest absolute Gasteiger partial charge is 0.464 e. The van der Waals surface area contributed by atoms with Gasteiger partial charge in [0.15, 0.2) is 0 Å². The van der Waals surface area contributed by atoms with Crippen molar-refractivity contribution in [1.82, 2.24) is 5.32 Å². The van der Waals surface area contributed by atoms with Gasteiger partial charge in [0.25, 0.3) is 0 Å². The van der Waals surface area contributed by atoms with E-state index >= 15 is 0 Å². The summed E-state index contributed by atoms with van der Waals surface area (Å²) in [7, 11) is -1.03. The van der Waals surface area contributed by atoms with Crippen LogP contribution in [0.5, 0.6) is 0 Å². The highest BCUT2D eigenvalue weighted by Crippen LogP contribution is 2.18. The van der Waals surface area contributed by atoms with Gasteiger partial charge in [0, 0.05) is 6.16 Å². The van der Waals surface area contributed by atoms with Crippen LogP contribution < -0.4 is 5.32 Å². The fourth-order valence-electron chi connectivity index (χ4n) is 0.853. The van der Waals surface area contributed by atoms with E-state index in [9.17, 15) is 14.2 Å². The Labute approximate surface area is 99.6 Å². The number of ether oxygens (including phenoxy) is 2. The zero-order valence-corrected chi connectivity index (χ0v) is 10.7. The second kappa shape index (κ2) is 8.78. The van der Waals surface area contributed by atoms with Gasteiger partial charge < -0.3 is 19.1 Å². The number of alkyl carbamates (subject to hydrolysis) is 1. The van der Waals surface area contributed by atoms with Crippen LogP contribution in [0, 0.1) is 0 Å². The third-order valence-electron chi connectivity index (χ3n) is 1.63. The lowest BCUT2D eigenvalue weighted by Crippen LogP contribution is -2.28. The average molecular weight is 265 g/mol. The molecule has 0 aliphatic rings. The van der Waals surface area contributed by atoms with Crippen molar-refractivity contribution in [3.8, 4) is 0 Å². The van der Waals surface area contributed by atoms with Crippen LogP contribution in [0.3, 0.4) is 0 Å². The topological polar surface area (TPSA) is 102 Å². The first kappa shape index (κ1) is 15.7. The number of allylic oxidation sites excluding steroid dienone is 1. The molecule has 2 N–H and O–H groups in total. The highest BCUT2D eigenvalue weighted by atomic mass is 31.1. The Bertz CT molecular complexity index is 327. The van der Waals surface area contributed by atoms with Crippen molar-refractivity contribution in [2.24, 2.45) is 0 Å². The highest BCUT2D eigenvalue weighted by Gasteiger charge is 2.13. The van der Waals surface area contributed by atoms with Gasteiger partial charge in [-0.1, -0.05) is 0 Å². The van der Waals surface area contributed by atoms with Gasteiger partial charge >= 0.3 is 12.1 Å². The number of methoxy groups -OCH3 is 1. The van der Waals surface area contributed by atoms with Crippen molar-refractivity contribution < 1.29 is 28.7 Å². The molecule has 1 amide bonds. The van der Waals surface area contributed by atoms with Crippen LogP contribution in [-0.4, -0.2) is 43.4 Å². The third-order valence-corrected chi connectivity index (χ3v) is 2.64. The van der Waals surface area contributed by atoms with Crippen LogP contribution in [0.2, 0.25) is 0 Å². The number of esters is 1. The smallest absolute Gasteiger partial charge is 0.411 e. The second-order valence-electron chi connectivity index (χ2n) is 2.86. The van der Waals surface area contributed by atoms with Gasteiger partial charge in [-0.15, -0.1) is 0 Å². The zero-order valence-electron chi connectivity index (χ0n) is 9.69. The van der Waals surface area contributed by atoms with Crippen LogP contribution in [0.1, 0.15) is 6.92 Å². The minimum Gasteiger partial charge on any atom is -0.464 e. The van der Waals surface area contributed by atoms with Gasteiger partial charge in [-0.2, -0.15) is 0 Å². The third kappa shape index (κ3) is 6.76. The van der Waals surface area contributed by atoms with Crippen LogP contribution in [0.25, 0.3) is 0 Å². The number of nitrogens with one attached hydrogen (secondary N) is 1. The fraction of sp³-hybridized carbons (Fsp3) is 0.556. The molecule has 98 valence electrons. The number of carbonyl (C=O) groups excluding carboxylic acids is 2. The molecular weight excluding hydrogens is 249 g/mol. The quantitative estimate of drug-likeness (QED) is 0.407. The molecule has 0 aromatic carbocycles. The molecule has 0 aliphatic carbocycles. The molecular formula is C9H16NO6P. The summed E-state index contributed by atoms with van der Waals surface area (Å²) in [5.74, 6) is -0.772. The summed E-state index contributed by atoms with van der Waals surface area (Å²) in [4.78, 5) is 22.3. The van der Waals surface area contributed by atoms with Crippen LogP contribution >= 0.6 is 7.80 Å². The lowest BCUT2D eigenvalue weighted by molar-refractivity contribution is -0.136. The Morgan fingerprint density at radius 2 is 2.12 bits per heavy atom. The van der Waals surface area contributed by atoms with Crippen molar-refractivity contribution in [2.45, 2.75) is 6.92 Å². The van der Waals surface area contributed by atoms with Crippen molar-refractivity contribution >= 4 is 19.9 Å². The molecule has 0 rings (SSSR count). The van der Waals surface area contributed by atoms with Crippen molar-refractivity contribution in [1.29, 1.82) is 0 Å². The van der Waals surface area contributed by atoms with Crippen LogP contribution in [-0.2, 0) is 18.8 Å². The average Bonchev–Trinajstić information content (AvgIpc) is 2.33. The SMILES string of the molecule is CCOC(=O)NC(=CC[PH](=O)CO)C(=O)OC. The molecule has 0 spiro atoms. The highest BCUT2D eigenvalue weighted by molar-refractivity contribution is 7.44. The number of aliphatic hydroxyl groups is 1. The summed E-state index contributed by atoms with van der Waals surface area (Å²) in [5, 5.41) is 10.8. The summed E-state index contributed by atoms with van der Waals surface area (Å²) < 4.78 is 20.0. The molecule has 0 heterocycles. The van der Waals surface area contributed by atoms with E-state index in [1.165, 1.54) is 6.08 Å². The monoisotopic (exact) mass is 265 g/mol. The second-order valence-corrected chi connectivity index (χ2v) is 4.66. The molecule has 0 saturated carbocycles. The molecule has 0 aliphatic heterocycles. The van der Waals surface area contributed by atoms with E-state index in [1.807, 2.05) is 0 Å². The first-order valence-electron chi connectivity index (χ1n) is 4.89. The number of rotatable bonds is 6. The maximum absolute atomic E-state index is 11.2. The lowest BCUT2D eigenvalue weighted by Gasteiger charge is -2.07. The summed E-state index contributed by atoms with van der Waals surface area (Å²) in [6, 6.07) is 0. The molecule has 17 heavy (non-hydrogen) atoms. The molecule has 0 aromatic rings. The molecule has 8 heteroatoms. The van der Waals surface area contributed by atoms with Crippen molar-refractivity contribution in [2.75, 3.05) is 26.2 Å². The van der Waals surface area contributed by atoms with Gasteiger partial charge in [-0.3, -0.25) is 5.32 Å². The normalized spacial score (nSPS) is 12.8. The van der Waals surface area contributed by atoms with E-state index in [1.54, 1.807) is 6.92 Å². The van der Waals surface area contributed by atoms with Crippen LogP contribution in [0.15, 0.2) is 11.8 Å². The molecule has 0 aromatic heterocycles. The fourth-order valence-corrected chi connectivity index (χ4v) is 1.41. The molecule has 1 atom stereocenters. The Balaban J connectivity index is 4.59. The minimum atomic E-state index is -2.18.